The maximum absolute atomic E-state index is 12.9. The summed E-state index contributed by atoms with van der Waals surface area (Å²) in [6.07, 6.45) is 95.3. The van der Waals surface area contributed by atoms with Gasteiger partial charge in [0.1, 0.15) is 13.2 Å². The van der Waals surface area contributed by atoms with Crippen LogP contribution in [-0.2, 0) is 28.6 Å². The minimum absolute atomic E-state index is 0.105. The molecule has 0 aliphatic heterocycles. The molecule has 444 valence electrons. The third-order valence-electron chi connectivity index (χ3n) is 13.0. The van der Waals surface area contributed by atoms with Gasteiger partial charge in [-0.1, -0.05) is 256 Å². The molecule has 0 fully saturated rings. The van der Waals surface area contributed by atoms with Gasteiger partial charge in [0.15, 0.2) is 6.10 Å². The van der Waals surface area contributed by atoms with Gasteiger partial charge >= 0.3 is 17.9 Å². The van der Waals surface area contributed by atoms with Gasteiger partial charge in [0.2, 0.25) is 0 Å². The molecule has 1 unspecified atom stereocenters. The predicted molar refractivity (Wildman–Crippen MR) is 343 cm³/mol. The molecule has 1 atom stereocenters. The number of esters is 3. The van der Waals surface area contributed by atoms with Crippen LogP contribution in [0.15, 0.2) is 158 Å². The van der Waals surface area contributed by atoms with Crippen LogP contribution in [0.1, 0.15) is 265 Å². The van der Waals surface area contributed by atoms with E-state index in [0.29, 0.717) is 19.3 Å². The van der Waals surface area contributed by atoms with E-state index in [-0.39, 0.29) is 31.1 Å². The summed E-state index contributed by atoms with van der Waals surface area (Å²) < 4.78 is 16.9. The number of unbranched alkanes of at least 4 members (excludes halogenated alkanes) is 19. The van der Waals surface area contributed by atoms with Crippen LogP contribution in [-0.4, -0.2) is 37.2 Å². The predicted octanol–water partition coefficient (Wildman–Crippen LogP) is 22.1. The van der Waals surface area contributed by atoms with Crippen LogP contribution >= 0.6 is 0 Å². The second-order valence-corrected chi connectivity index (χ2v) is 20.6. The van der Waals surface area contributed by atoms with E-state index < -0.39 is 6.10 Å². The molecule has 0 aliphatic carbocycles. The number of carbonyl (C=O) groups excluding carboxylic acids is 3. The summed E-state index contributed by atoms with van der Waals surface area (Å²) in [4.78, 5) is 38.3. The average molecular weight is 1090 g/mol. The van der Waals surface area contributed by atoms with Crippen molar-refractivity contribution < 1.29 is 28.6 Å². The Morgan fingerprint density at radius 3 is 0.823 bits per heavy atom. The van der Waals surface area contributed by atoms with E-state index >= 15 is 0 Å². The van der Waals surface area contributed by atoms with Crippen molar-refractivity contribution in [2.75, 3.05) is 13.2 Å². The molecule has 6 nitrogen and oxygen atoms in total. The summed E-state index contributed by atoms with van der Waals surface area (Å²) in [6, 6.07) is 0. The zero-order chi connectivity index (χ0) is 57.1. The first kappa shape index (κ1) is 74.0. The highest BCUT2D eigenvalue weighted by Crippen LogP contribution is 2.14. The zero-order valence-electron chi connectivity index (χ0n) is 50.8. The van der Waals surface area contributed by atoms with E-state index in [4.69, 9.17) is 14.2 Å². The summed E-state index contributed by atoms with van der Waals surface area (Å²) in [5.41, 5.74) is 0. The molecule has 0 heterocycles. The summed E-state index contributed by atoms with van der Waals surface area (Å²) in [5.74, 6) is -0.961. The molecule has 0 bridgehead atoms. The Labute approximate surface area is 486 Å². The fourth-order valence-corrected chi connectivity index (χ4v) is 8.21. The lowest BCUT2D eigenvalue weighted by Crippen LogP contribution is -2.30. The van der Waals surface area contributed by atoms with Crippen molar-refractivity contribution in [3.63, 3.8) is 0 Å². The normalized spacial score (nSPS) is 13.2. The average Bonchev–Trinajstić information content (AvgIpc) is 3.45. The van der Waals surface area contributed by atoms with Crippen molar-refractivity contribution in [2.45, 2.75) is 271 Å². The largest absolute Gasteiger partial charge is 0.462 e. The number of hydrogen-bond acceptors (Lipinski definition) is 6. The minimum atomic E-state index is -0.811. The summed E-state index contributed by atoms with van der Waals surface area (Å²) in [6.45, 7) is 6.38. The maximum Gasteiger partial charge on any atom is 0.306 e. The number of allylic oxidation sites excluding steroid dienone is 26. The highest BCUT2D eigenvalue weighted by atomic mass is 16.6. The van der Waals surface area contributed by atoms with Crippen LogP contribution in [0.2, 0.25) is 0 Å². The van der Waals surface area contributed by atoms with Crippen molar-refractivity contribution in [2.24, 2.45) is 0 Å². The SMILES string of the molecule is CC/C=C\C/C=C\C/C=C\C/C=C\C/C=C\C/C=C\C/C=C\C/C=C\CCCCCCC(=O)OCC(COC(=O)CCCCCCC/C=C\C/C=C\CCC)OC(=O)CCCCCCCC/C=C\C/C=C\C/C=C\CCCCC. The highest BCUT2D eigenvalue weighted by Gasteiger charge is 2.19. The Morgan fingerprint density at radius 2 is 0.519 bits per heavy atom. The van der Waals surface area contributed by atoms with Crippen molar-refractivity contribution in [3.8, 4) is 0 Å². The van der Waals surface area contributed by atoms with Crippen LogP contribution in [0.5, 0.6) is 0 Å². The van der Waals surface area contributed by atoms with Crippen molar-refractivity contribution in [1.82, 2.24) is 0 Å². The molecule has 0 spiro atoms. The van der Waals surface area contributed by atoms with Gasteiger partial charge in [-0.05, 0) is 148 Å². The van der Waals surface area contributed by atoms with Gasteiger partial charge in [0.05, 0.1) is 0 Å². The monoisotopic (exact) mass is 1090 g/mol. The third kappa shape index (κ3) is 63.7. The number of carbonyl (C=O) groups is 3. The van der Waals surface area contributed by atoms with Crippen LogP contribution in [0, 0.1) is 0 Å². The molecular weight excluding hydrogens is 973 g/mol. The van der Waals surface area contributed by atoms with E-state index in [1.165, 1.54) is 44.9 Å². The molecule has 79 heavy (non-hydrogen) atoms. The molecule has 0 amide bonds. The Hall–Kier alpha value is -4.97. The lowest BCUT2D eigenvalue weighted by atomic mass is 10.1. The van der Waals surface area contributed by atoms with Crippen LogP contribution in [0.25, 0.3) is 0 Å². The van der Waals surface area contributed by atoms with Crippen LogP contribution < -0.4 is 0 Å². The molecule has 0 saturated heterocycles. The fraction of sp³-hybridized carbons (Fsp3) is 0.603. The molecule has 0 rings (SSSR count). The van der Waals surface area contributed by atoms with Gasteiger partial charge in [-0.25, -0.2) is 0 Å². The topological polar surface area (TPSA) is 78.9 Å². The molecule has 0 aromatic rings. The zero-order valence-corrected chi connectivity index (χ0v) is 50.8. The van der Waals surface area contributed by atoms with E-state index in [1.54, 1.807) is 0 Å². The first-order valence-corrected chi connectivity index (χ1v) is 32.0. The smallest absolute Gasteiger partial charge is 0.306 e. The van der Waals surface area contributed by atoms with Crippen LogP contribution in [0.3, 0.4) is 0 Å². The van der Waals surface area contributed by atoms with E-state index in [1.807, 2.05) is 0 Å². The Kier molecular flexibility index (Phi) is 61.4. The Balaban J connectivity index is 4.44. The molecule has 0 radical (unpaired) electrons. The Bertz CT molecular complexity index is 1780. The third-order valence-corrected chi connectivity index (χ3v) is 13.0. The lowest BCUT2D eigenvalue weighted by Gasteiger charge is -2.18. The minimum Gasteiger partial charge on any atom is -0.462 e. The van der Waals surface area contributed by atoms with Crippen molar-refractivity contribution in [3.05, 3.63) is 158 Å². The second kappa shape index (κ2) is 65.5. The van der Waals surface area contributed by atoms with Gasteiger partial charge in [-0.2, -0.15) is 0 Å². The number of hydrogen-bond donors (Lipinski definition) is 0. The number of ether oxygens (including phenoxy) is 3. The van der Waals surface area contributed by atoms with Gasteiger partial charge in [0.25, 0.3) is 0 Å². The molecule has 0 aliphatic rings. The van der Waals surface area contributed by atoms with Gasteiger partial charge in [-0.3, -0.25) is 14.4 Å². The summed E-state index contributed by atoms with van der Waals surface area (Å²) >= 11 is 0. The second-order valence-electron chi connectivity index (χ2n) is 20.6. The molecule has 0 aromatic heterocycles. The van der Waals surface area contributed by atoms with Crippen LogP contribution in [0.4, 0.5) is 0 Å². The summed E-state index contributed by atoms with van der Waals surface area (Å²) in [5, 5.41) is 0. The lowest BCUT2D eigenvalue weighted by molar-refractivity contribution is -0.167. The molecule has 0 N–H and O–H groups in total. The quantitative estimate of drug-likeness (QED) is 0.0261. The Morgan fingerprint density at radius 1 is 0.266 bits per heavy atom. The molecule has 0 aromatic carbocycles. The van der Waals surface area contributed by atoms with Gasteiger partial charge < -0.3 is 14.2 Å². The van der Waals surface area contributed by atoms with Crippen molar-refractivity contribution >= 4 is 17.9 Å². The molecule has 0 saturated carbocycles. The molecular formula is C73H116O6. The standard InChI is InChI=1S/C73H116O6/c1-4-7-10-13-16-19-22-25-27-29-31-32-33-34-35-36-37-38-39-40-42-43-45-48-51-54-57-60-63-66-72(75)78-69-70(68-77-71(74)65-62-59-56-53-50-47-24-21-18-15-12-9-6-3)79-73(76)67-64-61-58-55-52-49-46-44-41-30-28-26-23-20-17-14-11-8-5-2/h7,10,12,15-17,19-21,24-28,31-32,34-35,37-38,40-42,44-45,48,70H,4-6,8-9,11,13-14,18,22-23,29-30,33,36,39,43,46-47,49-69H2,1-3H3/b10-7-,15-12-,19-16-,20-17-,24-21-,27-25-,28-26-,32-31-,35-34-,38-37-,42-40-,44-41-,48-45-. The van der Waals surface area contributed by atoms with E-state index in [9.17, 15) is 14.4 Å². The van der Waals surface area contributed by atoms with Gasteiger partial charge in [-0.15, -0.1) is 0 Å². The number of rotatable bonds is 56. The maximum atomic E-state index is 12.9. The van der Waals surface area contributed by atoms with Gasteiger partial charge in [0, 0.05) is 19.3 Å². The highest BCUT2D eigenvalue weighted by molar-refractivity contribution is 5.71. The first-order valence-electron chi connectivity index (χ1n) is 32.0. The fourth-order valence-electron chi connectivity index (χ4n) is 8.21. The molecule has 6 heteroatoms. The first-order chi connectivity index (χ1) is 39.0. The van der Waals surface area contributed by atoms with Crippen molar-refractivity contribution in [1.29, 1.82) is 0 Å². The summed E-state index contributed by atoms with van der Waals surface area (Å²) in [7, 11) is 0. The van der Waals surface area contributed by atoms with E-state index in [2.05, 4.69) is 179 Å². The van der Waals surface area contributed by atoms with E-state index in [0.717, 1.165) is 180 Å².